The number of hydrogen-bond acceptors (Lipinski definition) is 4. The van der Waals surface area contributed by atoms with Crippen molar-refractivity contribution in [1.29, 1.82) is 0 Å². The van der Waals surface area contributed by atoms with Crippen LogP contribution in [0.5, 0.6) is 11.5 Å². The molecule has 2 aromatic rings. The maximum atomic E-state index is 5.38. The Morgan fingerprint density at radius 2 is 1.60 bits per heavy atom. The van der Waals surface area contributed by atoms with E-state index in [4.69, 9.17) is 9.47 Å². The second kappa shape index (κ2) is 6.37. The van der Waals surface area contributed by atoms with Crippen molar-refractivity contribution >= 4 is 0 Å². The van der Waals surface area contributed by atoms with E-state index in [0.717, 1.165) is 17.3 Å². The van der Waals surface area contributed by atoms with Crippen LogP contribution in [0.15, 0.2) is 30.6 Å². The summed E-state index contributed by atoms with van der Waals surface area (Å²) in [5, 5.41) is 0. The van der Waals surface area contributed by atoms with E-state index in [0.29, 0.717) is 12.3 Å². The van der Waals surface area contributed by atoms with Crippen LogP contribution in [0.4, 0.5) is 0 Å². The highest BCUT2D eigenvalue weighted by Gasteiger charge is 2.14. The Labute approximate surface area is 119 Å². The molecule has 0 aliphatic rings. The molecule has 0 fully saturated rings. The van der Waals surface area contributed by atoms with E-state index in [-0.39, 0.29) is 0 Å². The molecular weight excluding hydrogens is 252 g/mol. The van der Waals surface area contributed by atoms with E-state index in [9.17, 15) is 0 Å². The average Bonchev–Trinajstić information content (AvgIpc) is 2.47. The minimum absolute atomic E-state index is 0.397. The first-order chi connectivity index (χ1) is 9.65. The van der Waals surface area contributed by atoms with Gasteiger partial charge >= 0.3 is 0 Å². The van der Waals surface area contributed by atoms with E-state index >= 15 is 0 Å². The monoisotopic (exact) mass is 272 g/mol. The van der Waals surface area contributed by atoms with Crippen LogP contribution >= 0.6 is 0 Å². The van der Waals surface area contributed by atoms with Crippen molar-refractivity contribution in [3.63, 3.8) is 0 Å². The van der Waals surface area contributed by atoms with Gasteiger partial charge in [-0.25, -0.2) is 9.97 Å². The maximum absolute atomic E-state index is 5.38. The summed E-state index contributed by atoms with van der Waals surface area (Å²) in [6, 6.07) is 5.88. The van der Waals surface area contributed by atoms with Crippen molar-refractivity contribution in [2.45, 2.75) is 26.2 Å². The number of nitrogens with zero attached hydrogens (tertiary/aromatic N) is 2. The smallest absolute Gasteiger partial charge is 0.161 e. The lowest BCUT2D eigenvalue weighted by Gasteiger charge is -2.17. The molecule has 0 saturated carbocycles. The van der Waals surface area contributed by atoms with Crippen LogP contribution in [-0.4, -0.2) is 24.2 Å². The van der Waals surface area contributed by atoms with Gasteiger partial charge in [0.2, 0.25) is 0 Å². The van der Waals surface area contributed by atoms with Gasteiger partial charge in [-0.05, 0) is 35.2 Å². The molecule has 0 aliphatic heterocycles. The quantitative estimate of drug-likeness (QED) is 0.838. The number of aromatic nitrogens is 2. The zero-order valence-electron chi connectivity index (χ0n) is 12.4. The molecule has 0 unspecified atom stereocenters. The number of benzene rings is 1. The summed E-state index contributed by atoms with van der Waals surface area (Å²) in [7, 11) is 3.30. The molecule has 0 radical (unpaired) electrons. The van der Waals surface area contributed by atoms with Gasteiger partial charge in [-0.2, -0.15) is 0 Å². The van der Waals surface area contributed by atoms with Crippen LogP contribution in [0.25, 0.3) is 0 Å². The molecule has 4 heteroatoms. The van der Waals surface area contributed by atoms with Crippen LogP contribution in [0.2, 0.25) is 0 Å². The predicted molar refractivity (Wildman–Crippen MR) is 78.5 cm³/mol. The summed E-state index contributed by atoms with van der Waals surface area (Å²) in [6.45, 7) is 4.33. The summed E-state index contributed by atoms with van der Waals surface area (Å²) < 4.78 is 10.8. The molecule has 0 amide bonds. The van der Waals surface area contributed by atoms with Gasteiger partial charge in [0.25, 0.3) is 0 Å². The SMILES string of the molecule is COc1cc(Cc2ncccn2)c(C(C)C)cc1OC. The molecule has 2 rings (SSSR count). The Morgan fingerprint density at radius 3 is 2.15 bits per heavy atom. The van der Waals surface area contributed by atoms with Crippen molar-refractivity contribution in [1.82, 2.24) is 9.97 Å². The van der Waals surface area contributed by atoms with Crippen LogP contribution in [0.3, 0.4) is 0 Å². The van der Waals surface area contributed by atoms with Crippen molar-refractivity contribution in [2.75, 3.05) is 14.2 Å². The Bertz CT molecular complexity index is 568. The molecule has 0 spiro atoms. The highest BCUT2D eigenvalue weighted by atomic mass is 16.5. The van der Waals surface area contributed by atoms with Crippen molar-refractivity contribution in [3.05, 3.63) is 47.5 Å². The van der Waals surface area contributed by atoms with Crippen LogP contribution in [0, 0.1) is 0 Å². The van der Waals surface area contributed by atoms with Gasteiger partial charge in [0, 0.05) is 18.8 Å². The lowest BCUT2D eigenvalue weighted by molar-refractivity contribution is 0.354. The Balaban J connectivity index is 2.44. The molecular formula is C16H20N2O2. The topological polar surface area (TPSA) is 44.2 Å². The number of methoxy groups -OCH3 is 2. The average molecular weight is 272 g/mol. The maximum Gasteiger partial charge on any atom is 0.161 e. The van der Waals surface area contributed by atoms with Gasteiger partial charge < -0.3 is 9.47 Å². The lowest BCUT2D eigenvalue weighted by atomic mass is 9.94. The molecule has 4 nitrogen and oxygen atoms in total. The first-order valence-electron chi connectivity index (χ1n) is 6.66. The summed E-state index contributed by atoms with van der Waals surface area (Å²) in [5.74, 6) is 2.70. The fourth-order valence-corrected chi connectivity index (χ4v) is 2.22. The van der Waals surface area contributed by atoms with Gasteiger partial charge in [-0.15, -0.1) is 0 Å². The molecule has 0 atom stereocenters. The second-order valence-electron chi connectivity index (χ2n) is 4.90. The number of rotatable bonds is 5. The van der Waals surface area contributed by atoms with Crippen molar-refractivity contribution < 1.29 is 9.47 Å². The standard InChI is InChI=1S/C16H20N2O2/c1-11(2)13-10-15(20-4)14(19-3)8-12(13)9-16-17-6-5-7-18-16/h5-8,10-11H,9H2,1-4H3. The summed E-state index contributed by atoms with van der Waals surface area (Å²) >= 11 is 0. The lowest BCUT2D eigenvalue weighted by Crippen LogP contribution is -2.03. The minimum atomic E-state index is 0.397. The van der Waals surface area contributed by atoms with Crippen LogP contribution < -0.4 is 9.47 Å². The zero-order chi connectivity index (χ0) is 14.5. The molecule has 0 bridgehead atoms. The molecule has 0 N–H and O–H groups in total. The van der Waals surface area contributed by atoms with Gasteiger partial charge in [-0.1, -0.05) is 13.8 Å². The normalized spacial score (nSPS) is 10.7. The van der Waals surface area contributed by atoms with Crippen molar-refractivity contribution in [3.8, 4) is 11.5 Å². The summed E-state index contributed by atoms with van der Waals surface area (Å²) in [6.07, 6.45) is 4.21. The number of hydrogen-bond donors (Lipinski definition) is 0. The largest absolute Gasteiger partial charge is 0.493 e. The third-order valence-electron chi connectivity index (χ3n) is 3.24. The summed E-state index contributed by atoms with van der Waals surface area (Å²) in [5.41, 5.74) is 2.40. The van der Waals surface area contributed by atoms with Gasteiger partial charge in [-0.3, -0.25) is 0 Å². The fraction of sp³-hybridized carbons (Fsp3) is 0.375. The Kier molecular flexibility index (Phi) is 4.56. The van der Waals surface area contributed by atoms with Crippen molar-refractivity contribution in [2.24, 2.45) is 0 Å². The van der Waals surface area contributed by atoms with E-state index < -0.39 is 0 Å². The van der Waals surface area contributed by atoms with Crippen LogP contribution in [-0.2, 0) is 6.42 Å². The first kappa shape index (κ1) is 14.3. The fourth-order valence-electron chi connectivity index (χ4n) is 2.22. The highest BCUT2D eigenvalue weighted by Crippen LogP contribution is 2.34. The van der Waals surface area contributed by atoms with E-state index in [1.807, 2.05) is 18.2 Å². The van der Waals surface area contributed by atoms with Gasteiger partial charge in [0.15, 0.2) is 11.5 Å². The van der Waals surface area contributed by atoms with E-state index in [1.54, 1.807) is 26.6 Å². The second-order valence-corrected chi connectivity index (χ2v) is 4.90. The molecule has 1 aromatic carbocycles. The molecule has 0 aliphatic carbocycles. The van der Waals surface area contributed by atoms with Gasteiger partial charge in [0.05, 0.1) is 14.2 Å². The van der Waals surface area contributed by atoms with Gasteiger partial charge in [0.1, 0.15) is 5.82 Å². The molecule has 0 saturated heterocycles. The van der Waals surface area contributed by atoms with E-state index in [1.165, 1.54) is 11.1 Å². The van der Waals surface area contributed by atoms with E-state index in [2.05, 4.69) is 23.8 Å². The molecule has 106 valence electrons. The third-order valence-corrected chi connectivity index (χ3v) is 3.24. The first-order valence-corrected chi connectivity index (χ1v) is 6.66. The Hall–Kier alpha value is -2.10. The highest BCUT2D eigenvalue weighted by molar-refractivity contribution is 5.49. The van der Waals surface area contributed by atoms with Crippen LogP contribution in [0.1, 0.15) is 36.7 Å². The third kappa shape index (κ3) is 3.07. The Morgan fingerprint density at radius 1 is 1.00 bits per heavy atom. The zero-order valence-corrected chi connectivity index (χ0v) is 12.4. The summed E-state index contributed by atoms with van der Waals surface area (Å²) in [4.78, 5) is 8.58. The minimum Gasteiger partial charge on any atom is -0.493 e. The molecule has 20 heavy (non-hydrogen) atoms. The number of ether oxygens (including phenoxy) is 2. The molecule has 1 aromatic heterocycles. The molecule has 1 heterocycles. The predicted octanol–water partition coefficient (Wildman–Crippen LogP) is 3.21.